The summed E-state index contributed by atoms with van der Waals surface area (Å²) in [5.41, 5.74) is 1.64. The van der Waals surface area contributed by atoms with Crippen molar-refractivity contribution in [2.24, 2.45) is 5.41 Å². The maximum atomic E-state index is 3.52. The molecule has 1 saturated heterocycles. The fourth-order valence-electron chi connectivity index (χ4n) is 3.44. The second-order valence-corrected chi connectivity index (χ2v) is 6.46. The Morgan fingerprint density at radius 1 is 1.11 bits per heavy atom. The molecule has 2 rings (SSSR count). The van der Waals surface area contributed by atoms with Crippen LogP contribution < -0.4 is 5.32 Å². The van der Waals surface area contributed by atoms with Crippen molar-refractivity contribution in [3.05, 3.63) is 35.9 Å². The molecule has 0 saturated carbocycles. The predicted molar refractivity (Wildman–Crippen MR) is 82.3 cm³/mol. The van der Waals surface area contributed by atoms with Crippen molar-refractivity contribution < 1.29 is 0 Å². The minimum atomic E-state index is 0.243. The molecule has 1 heterocycles. The van der Waals surface area contributed by atoms with Gasteiger partial charge in [-0.1, -0.05) is 50.6 Å². The van der Waals surface area contributed by atoms with E-state index in [0.717, 1.165) is 0 Å². The van der Waals surface area contributed by atoms with Gasteiger partial charge in [-0.2, -0.15) is 0 Å². The van der Waals surface area contributed by atoms with Crippen molar-refractivity contribution in [3.63, 3.8) is 0 Å². The van der Waals surface area contributed by atoms with Gasteiger partial charge >= 0.3 is 0 Å². The molecule has 19 heavy (non-hydrogen) atoms. The van der Waals surface area contributed by atoms with Gasteiger partial charge in [0.25, 0.3) is 0 Å². The molecule has 0 aromatic heterocycles. The van der Waals surface area contributed by atoms with Gasteiger partial charge in [-0.15, -0.1) is 0 Å². The average Bonchev–Trinajstić information content (AvgIpc) is 2.41. The molecule has 2 heteroatoms. The monoisotopic (exact) mass is 260 g/mol. The number of benzene rings is 1. The molecule has 0 radical (unpaired) electrons. The minimum Gasteiger partial charge on any atom is -0.313 e. The lowest BCUT2D eigenvalue weighted by Gasteiger charge is -2.40. The molecule has 0 amide bonds. The summed E-state index contributed by atoms with van der Waals surface area (Å²) in [7, 11) is 2.08. The van der Waals surface area contributed by atoms with Crippen LogP contribution in [0.4, 0.5) is 0 Å². The van der Waals surface area contributed by atoms with E-state index in [1.165, 1.54) is 44.5 Å². The average molecular weight is 260 g/mol. The van der Waals surface area contributed by atoms with E-state index in [1.807, 2.05) is 0 Å². The third-order valence-corrected chi connectivity index (χ3v) is 4.28. The number of piperidine rings is 1. The molecule has 0 spiro atoms. The molecule has 106 valence electrons. The SMILES string of the molecule is CNC(c1ccccc1)C(C)(C)CN1CCCCC1. The third kappa shape index (κ3) is 3.80. The number of nitrogens with zero attached hydrogens (tertiary/aromatic N) is 1. The number of likely N-dealkylation sites (tertiary alicyclic amines) is 1. The molecule has 0 bridgehead atoms. The lowest BCUT2D eigenvalue weighted by atomic mass is 9.79. The van der Waals surface area contributed by atoms with E-state index < -0.39 is 0 Å². The van der Waals surface area contributed by atoms with Crippen molar-refractivity contribution in [3.8, 4) is 0 Å². The van der Waals surface area contributed by atoms with E-state index >= 15 is 0 Å². The number of hydrogen-bond donors (Lipinski definition) is 1. The van der Waals surface area contributed by atoms with Crippen LogP contribution in [0, 0.1) is 5.41 Å². The highest BCUT2D eigenvalue weighted by Crippen LogP contribution is 2.34. The minimum absolute atomic E-state index is 0.243. The molecule has 1 aliphatic heterocycles. The van der Waals surface area contributed by atoms with Crippen molar-refractivity contribution in [2.45, 2.75) is 39.2 Å². The van der Waals surface area contributed by atoms with Gasteiger partial charge < -0.3 is 10.2 Å². The summed E-state index contributed by atoms with van der Waals surface area (Å²) in [6.45, 7) is 8.49. The zero-order valence-electron chi connectivity index (χ0n) is 12.7. The van der Waals surface area contributed by atoms with Crippen LogP contribution in [-0.4, -0.2) is 31.6 Å². The summed E-state index contributed by atoms with van der Waals surface area (Å²) in [5.74, 6) is 0. The third-order valence-electron chi connectivity index (χ3n) is 4.28. The van der Waals surface area contributed by atoms with Gasteiger partial charge in [0.2, 0.25) is 0 Å². The first-order valence-electron chi connectivity index (χ1n) is 7.58. The normalized spacial score (nSPS) is 19.3. The van der Waals surface area contributed by atoms with E-state index in [9.17, 15) is 0 Å². The van der Waals surface area contributed by atoms with Crippen LogP contribution in [0.1, 0.15) is 44.7 Å². The van der Waals surface area contributed by atoms with Crippen LogP contribution in [-0.2, 0) is 0 Å². The maximum Gasteiger partial charge on any atom is 0.0381 e. The Hall–Kier alpha value is -0.860. The zero-order valence-corrected chi connectivity index (χ0v) is 12.7. The van der Waals surface area contributed by atoms with Crippen LogP contribution in [0.2, 0.25) is 0 Å². The Balaban J connectivity index is 2.07. The van der Waals surface area contributed by atoms with Gasteiger partial charge in [0.1, 0.15) is 0 Å². The summed E-state index contributed by atoms with van der Waals surface area (Å²) in [4.78, 5) is 2.64. The van der Waals surface area contributed by atoms with Crippen LogP contribution in [0.5, 0.6) is 0 Å². The van der Waals surface area contributed by atoms with Crippen LogP contribution >= 0.6 is 0 Å². The number of nitrogens with one attached hydrogen (secondary N) is 1. The van der Waals surface area contributed by atoms with Crippen molar-refractivity contribution in [1.29, 1.82) is 0 Å². The van der Waals surface area contributed by atoms with Gasteiger partial charge in [0.15, 0.2) is 0 Å². The Labute approximate surface area is 118 Å². The molecule has 1 fully saturated rings. The second kappa shape index (κ2) is 6.53. The van der Waals surface area contributed by atoms with Crippen LogP contribution in [0.25, 0.3) is 0 Å². The van der Waals surface area contributed by atoms with Gasteiger partial charge in [-0.25, -0.2) is 0 Å². The van der Waals surface area contributed by atoms with Crippen LogP contribution in [0.15, 0.2) is 30.3 Å². The van der Waals surface area contributed by atoms with E-state index in [2.05, 4.69) is 61.4 Å². The topological polar surface area (TPSA) is 15.3 Å². The fraction of sp³-hybridized carbons (Fsp3) is 0.647. The molecule has 1 aliphatic rings. The summed E-state index contributed by atoms with van der Waals surface area (Å²) < 4.78 is 0. The van der Waals surface area contributed by atoms with Gasteiger partial charge in [-0.05, 0) is 44.0 Å². The lowest BCUT2D eigenvalue weighted by molar-refractivity contribution is 0.122. The quantitative estimate of drug-likeness (QED) is 0.872. The molecule has 0 aliphatic carbocycles. The first kappa shape index (κ1) is 14.5. The fourth-order valence-corrected chi connectivity index (χ4v) is 3.44. The van der Waals surface area contributed by atoms with E-state index in [0.29, 0.717) is 6.04 Å². The molecule has 2 nitrogen and oxygen atoms in total. The molecular formula is C17H28N2. The Morgan fingerprint density at radius 2 is 1.74 bits per heavy atom. The van der Waals surface area contributed by atoms with E-state index in [1.54, 1.807) is 0 Å². The molecule has 1 unspecified atom stereocenters. The highest BCUT2D eigenvalue weighted by Gasteiger charge is 2.31. The molecule has 1 N–H and O–H groups in total. The van der Waals surface area contributed by atoms with Crippen molar-refractivity contribution in [2.75, 3.05) is 26.7 Å². The summed E-state index contributed by atoms with van der Waals surface area (Å²) in [6.07, 6.45) is 4.14. The summed E-state index contributed by atoms with van der Waals surface area (Å²) in [6, 6.07) is 11.2. The van der Waals surface area contributed by atoms with Crippen molar-refractivity contribution >= 4 is 0 Å². The predicted octanol–water partition coefficient (Wildman–Crippen LogP) is 3.46. The standard InChI is InChI=1S/C17H28N2/c1-17(2,14-19-12-8-5-9-13-19)16(18-3)15-10-6-4-7-11-15/h4,6-7,10-11,16,18H,5,8-9,12-14H2,1-3H3. The highest BCUT2D eigenvalue weighted by atomic mass is 15.1. The highest BCUT2D eigenvalue weighted by molar-refractivity contribution is 5.21. The zero-order chi connectivity index (χ0) is 13.7. The van der Waals surface area contributed by atoms with Crippen molar-refractivity contribution in [1.82, 2.24) is 10.2 Å². The summed E-state index contributed by atoms with van der Waals surface area (Å²) >= 11 is 0. The second-order valence-electron chi connectivity index (χ2n) is 6.46. The van der Waals surface area contributed by atoms with Gasteiger partial charge in [-0.3, -0.25) is 0 Å². The van der Waals surface area contributed by atoms with Crippen LogP contribution in [0.3, 0.4) is 0 Å². The Bertz CT molecular complexity index is 366. The number of hydrogen-bond acceptors (Lipinski definition) is 2. The van der Waals surface area contributed by atoms with E-state index in [-0.39, 0.29) is 5.41 Å². The lowest BCUT2D eigenvalue weighted by Crippen LogP contribution is -2.43. The molecule has 1 aromatic rings. The molecular weight excluding hydrogens is 232 g/mol. The first-order chi connectivity index (χ1) is 9.13. The van der Waals surface area contributed by atoms with Gasteiger partial charge in [0, 0.05) is 12.6 Å². The largest absolute Gasteiger partial charge is 0.313 e. The van der Waals surface area contributed by atoms with E-state index in [4.69, 9.17) is 0 Å². The maximum absolute atomic E-state index is 3.52. The Kier molecular flexibility index (Phi) is 5.00. The van der Waals surface area contributed by atoms with Gasteiger partial charge in [0.05, 0.1) is 0 Å². The molecule has 1 aromatic carbocycles. The first-order valence-corrected chi connectivity index (χ1v) is 7.58. The summed E-state index contributed by atoms with van der Waals surface area (Å²) in [5, 5.41) is 3.52. The Morgan fingerprint density at radius 3 is 2.32 bits per heavy atom. The number of rotatable bonds is 5. The molecule has 1 atom stereocenters. The smallest absolute Gasteiger partial charge is 0.0381 e.